The minimum atomic E-state index is -2.35. The molecule has 1 aromatic heterocycles. The third-order valence-corrected chi connectivity index (χ3v) is 6.88. The predicted octanol–water partition coefficient (Wildman–Crippen LogP) is 2.43. The zero-order chi connectivity index (χ0) is 12.0. The van der Waals surface area contributed by atoms with Gasteiger partial charge < -0.3 is 13.6 Å². The monoisotopic (exact) mass is 283 g/mol. The van der Waals surface area contributed by atoms with Crippen LogP contribution in [0.15, 0.2) is 21.6 Å². The Hall–Kier alpha value is -0.0700. The molecule has 92 valence electrons. The number of rotatable bonds is 7. The van der Waals surface area contributed by atoms with E-state index in [0.717, 1.165) is 0 Å². The maximum Gasteiger partial charge on any atom is 0.283 e. The van der Waals surface area contributed by atoms with Crippen LogP contribution < -0.4 is 5.56 Å². The fourth-order valence-electron chi connectivity index (χ4n) is 0.942. The third-order valence-electron chi connectivity index (χ3n) is 1.55. The Bertz CT molecular complexity index is 406. The molecule has 16 heavy (non-hydrogen) atoms. The van der Waals surface area contributed by atoms with Gasteiger partial charge in [0.05, 0.1) is 13.2 Å². The Kier molecular flexibility index (Phi) is 5.78. The summed E-state index contributed by atoms with van der Waals surface area (Å²) >= 11 is 6.58. The molecule has 0 amide bonds. The van der Waals surface area contributed by atoms with Gasteiger partial charge in [0.2, 0.25) is 5.69 Å². The van der Waals surface area contributed by atoms with Crippen molar-refractivity contribution in [2.24, 2.45) is 0 Å². The van der Waals surface area contributed by atoms with Crippen LogP contribution in [0.2, 0.25) is 0 Å². The first-order valence-electron chi connectivity index (χ1n) is 4.79. The molecule has 0 saturated carbocycles. The third kappa shape index (κ3) is 4.07. The second kappa shape index (κ2) is 6.61. The van der Waals surface area contributed by atoms with Gasteiger partial charge in [-0.05, 0) is 37.0 Å². The molecule has 5 nitrogen and oxygen atoms in total. The first-order chi connectivity index (χ1) is 7.61. The lowest BCUT2D eigenvalue weighted by Gasteiger charge is -2.19. The summed E-state index contributed by atoms with van der Waals surface area (Å²) in [6.07, 6.45) is 1.34. The van der Waals surface area contributed by atoms with Crippen molar-refractivity contribution in [3.05, 3.63) is 22.7 Å². The van der Waals surface area contributed by atoms with E-state index in [1.54, 1.807) is 0 Å². The van der Waals surface area contributed by atoms with Crippen molar-refractivity contribution in [2.75, 3.05) is 13.2 Å². The molecule has 1 aromatic rings. The van der Waals surface area contributed by atoms with Gasteiger partial charge in [-0.2, -0.15) is 4.74 Å². The van der Waals surface area contributed by atoms with E-state index in [1.165, 1.54) is 28.5 Å². The summed E-state index contributed by atoms with van der Waals surface area (Å²) in [6, 6.07) is 1.35. The Labute approximate surface area is 103 Å². The maximum absolute atomic E-state index is 11.2. The maximum atomic E-state index is 11.2. The van der Waals surface area contributed by atoms with Crippen molar-refractivity contribution in [1.29, 1.82) is 0 Å². The lowest BCUT2D eigenvalue weighted by atomic mass is 10.7. The molecule has 0 saturated heterocycles. The molecule has 8 heteroatoms. The van der Waals surface area contributed by atoms with Crippen LogP contribution in [0.25, 0.3) is 0 Å². The second-order valence-corrected chi connectivity index (χ2v) is 8.95. The SMILES string of the molecule is CCOP(=S)(OCC)SCn1occc1=O. The van der Waals surface area contributed by atoms with E-state index in [-0.39, 0.29) is 5.56 Å². The number of aromatic nitrogens is 1. The highest BCUT2D eigenvalue weighted by atomic mass is 32.9. The molecule has 0 aliphatic carbocycles. The lowest BCUT2D eigenvalue weighted by Crippen LogP contribution is -2.11. The summed E-state index contributed by atoms with van der Waals surface area (Å²) in [6.45, 7) is 4.72. The van der Waals surface area contributed by atoms with Gasteiger partial charge in [-0.1, -0.05) is 0 Å². The van der Waals surface area contributed by atoms with E-state index in [4.69, 9.17) is 25.4 Å². The van der Waals surface area contributed by atoms with Crippen molar-refractivity contribution < 1.29 is 13.6 Å². The molecule has 0 fully saturated rings. The quantitative estimate of drug-likeness (QED) is 0.716. The standard InChI is InChI=1S/C8H14NO4PS2/c1-3-12-14(15,13-4-2)16-7-9-8(10)5-6-11-9/h5-6H,3-4,7H2,1-2H3. The predicted molar refractivity (Wildman–Crippen MR) is 68.1 cm³/mol. The van der Waals surface area contributed by atoms with Gasteiger partial charge in [0.15, 0.2) is 0 Å². The molecule has 1 rings (SSSR count). The Balaban J connectivity index is 2.60. The van der Waals surface area contributed by atoms with Crippen LogP contribution in [0.5, 0.6) is 0 Å². The largest absolute Gasteiger partial charge is 0.383 e. The van der Waals surface area contributed by atoms with Crippen LogP contribution in [-0.4, -0.2) is 18.0 Å². The lowest BCUT2D eigenvalue weighted by molar-refractivity contribution is 0.277. The molecule has 1 heterocycles. The summed E-state index contributed by atoms with van der Waals surface area (Å²) in [5, 5.41) is 0. The fourth-order valence-corrected chi connectivity index (χ4v) is 5.11. The van der Waals surface area contributed by atoms with Crippen molar-refractivity contribution in [3.8, 4) is 0 Å². The van der Waals surface area contributed by atoms with Crippen LogP contribution in [0.1, 0.15) is 13.8 Å². The molecule has 0 radical (unpaired) electrons. The Morgan fingerprint density at radius 2 is 2.12 bits per heavy atom. The van der Waals surface area contributed by atoms with Gasteiger partial charge >= 0.3 is 0 Å². The summed E-state index contributed by atoms with van der Waals surface area (Å²) < 4.78 is 17.0. The van der Waals surface area contributed by atoms with Gasteiger partial charge in [0.1, 0.15) is 12.1 Å². The van der Waals surface area contributed by atoms with Crippen LogP contribution in [0.3, 0.4) is 0 Å². The van der Waals surface area contributed by atoms with Crippen molar-refractivity contribution in [3.63, 3.8) is 0 Å². The number of hydrogen-bond acceptors (Lipinski definition) is 6. The van der Waals surface area contributed by atoms with Gasteiger partial charge in [-0.3, -0.25) is 4.79 Å². The molecule has 0 unspecified atom stereocenters. The molecular weight excluding hydrogens is 269 g/mol. The highest BCUT2D eigenvalue weighted by molar-refractivity contribution is 8.67. The van der Waals surface area contributed by atoms with E-state index in [0.29, 0.717) is 19.1 Å². The second-order valence-electron chi connectivity index (χ2n) is 2.67. The molecule has 0 spiro atoms. The van der Waals surface area contributed by atoms with Crippen molar-refractivity contribution >= 4 is 28.9 Å². The highest BCUT2D eigenvalue weighted by Gasteiger charge is 2.19. The highest BCUT2D eigenvalue weighted by Crippen LogP contribution is 2.61. The fraction of sp³-hybridized carbons (Fsp3) is 0.625. The van der Waals surface area contributed by atoms with E-state index >= 15 is 0 Å². The summed E-state index contributed by atoms with van der Waals surface area (Å²) in [5.74, 6) is 0.309. The molecule has 0 aliphatic rings. The summed E-state index contributed by atoms with van der Waals surface area (Å²) in [7, 11) is 0. The average Bonchev–Trinajstić information content (AvgIpc) is 2.62. The normalized spacial score (nSPS) is 11.9. The minimum absolute atomic E-state index is 0.193. The molecule has 0 N–H and O–H groups in total. The summed E-state index contributed by atoms with van der Waals surface area (Å²) in [4.78, 5) is 11.2. The van der Waals surface area contributed by atoms with Gasteiger partial charge in [0.25, 0.3) is 5.56 Å². The average molecular weight is 283 g/mol. The molecule has 0 aromatic carbocycles. The minimum Gasteiger partial charge on any atom is -0.383 e. The van der Waals surface area contributed by atoms with Crippen LogP contribution in [0, 0.1) is 0 Å². The van der Waals surface area contributed by atoms with Crippen molar-refractivity contribution in [2.45, 2.75) is 19.7 Å². The van der Waals surface area contributed by atoms with E-state index in [2.05, 4.69) is 0 Å². The summed E-state index contributed by atoms with van der Waals surface area (Å²) in [5.41, 5.74) is -2.54. The van der Waals surface area contributed by atoms with Crippen LogP contribution in [0.4, 0.5) is 0 Å². The van der Waals surface area contributed by atoms with Crippen LogP contribution >= 0.6 is 17.1 Å². The van der Waals surface area contributed by atoms with Crippen LogP contribution in [-0.2, 0) is 26.7 Å². The Morgan fingerprint density at radius 3 is 2.56 bits per heavy atom. The first-order valence-corrected chi connectivity index (χ1v) is 9.02. The topological polar surface area (TPSA) is 53.6 Å². The van der Waals surface area contributed by atoms with Crippen molar-refractivity contribution in [1.82, 2.24) is 4.74 Å². The van der Waals surface area contributed by atoms with Gasteiger partial charge in [-0.25, -0.2) is 0 Å². The van der Waals surface area contributed by atoms with E-state index < -0.39 is 5.69 Å². The van der Waals surface area contributed by atoms with E-state index in [1.807, 2.05) is 13.8 Å². The van der Waals surface area contributed by atoms with Gasteiger partial charge in [0, 0.05) is 6.07 Å². The molecule has 0 atom stereocenters. The zero-order valence-electron chi connectivity index (χ0n) is 9.12. The smallest absolute Gasteiger partial charge is 0.283 e. The number of hydrogen-bond donors (Lipinski definition) is 0. The van der Waals surface area contributed by atoms with Gasteiger partial charge in [-0.15, -0.1) is 0 Å². The zero-order valence-corrected chi connectivity index (χ0v) is 11.6. The number of nitrogens with zero attached hydrogens (tertiary/aromatic N) is 1. The Morgan fingerprint density at radius 1 is 1.50 bits per heavy atom. The first kappa shape index (κ1) is 14.0. The molecular formula is C8H14NO4PS2. The molecule has 0 aliphatic heterocycles. The van der Waals surface area contributed by atoms with E-state index in [9.17, 15) is 4.79 Å². The molecule has 0 bridgehead atoms.